The quantitative estimate of drug-likeness (QED) is 0.330. The fraction of sp³-hybridized carbons (Fsp3) is 0.500. The van der Waals surface area contributed by atoms with E-state index in [9.17, 15) is 9.59 Å². The zero-order valence-corrected chi connectivity index (χ0v) is 20.4. The van der Waals surface area contributed by atoms with Crippen LogP contribution in [-0.4, -0.2) is 44.1 Å². The number of hydrogen-bond donors (Lipinski definition) is 0. The second kappa shape index (κ2) is 10.2. The average molecular weight is 471 g/mol. The molecule has 0 saturated carbocycles. The van der Waals surface area contributed by atoms with Crippen molar-refractivity contribution in [3.8, 4) is 0 Å². The van der Waals surface area contributed by atoms with Crippen LogP contribution in [0.15, 0.2) is 28.0 Å². The fourth-order valence-corrected chi connectivity index (χ4v) is 5.58. The van der Waals surface area contributed by atoms with Crippen LogP contribution in [0.1, 0.15) is 63.0 Å². The van der Waals surface area contributed by atoms with E-state index in [0.29, 0.717) is 32.8 Å². The first kappa shape index (κ1) is 23.0. The lowest BCUT2D eigenvalue weighted by Crippen LogP contribution is -2.34. The number of anilines is 1. The van der Waals surface area contributed by atoms with Crippen molar-refractivity contribution in [1.82, 2.24) is 14.3 Å². The Morgan fingerprint density at radius 3 is 2.69 bits per heavy atom. The minimum atomic E-state index is -0.146. The number of carbonyl (C=O) groups is 1. The van der Waals surface area contributed by atoms with E-state index in [1.165, 1.54) is 18.2 Å². The summed E-state index contributed by atoms with van der Waals surface area (Å²) in [6.07, 6.45) is 11.1. The van der Waals surface area contributed by atoms with Crippen molar-refractivity contribution in [2.24, 2.45) is 0 Å². The maximum absolute atomic E-state index is 13.5. The molecule has 8 heteroatoms. The Hall–Kier alpha value is -2.19. The van der Waals surface area contributed by atoms with Gasteiger partial charge in [-0.05, 0) is 50.3 Å². The van der Waals surface area contributed by atoms with Gasteiger partial charge in [-0.25, -0.2) is 4.98 Å². The number of hydrogen-bond acceptors (Lipinski definition) is 6. The van der Waals surface area contributed by atoms with Crippen LogP contribution in [0.4, 0.5) is 5.82 Å². The molecule has 2 fully saturated rings. The SMILES string of the molecule is CCCCCCN1C(=O)C(=Cc2c(N3CCCCC3)nc3c(C)cccn3c2=O)SC1=S. The molecule has 0 radical (unpaired) electrons. The van der Waals surface area contributed by atoms with E-state index in [0.717, 1.165) is 57.2 Å². The topological polar surface area (TPSA) is 57.9 Å². The van der Waals surface area contributed by atoms with Crippen molar-refractivity contribution in [3.63, 3.8) is 0 Å². The minimum absolute atomic E-state index is 0.102. The lowest BCUT2D eigenvalue weighted by atomic mass is 10.1. The minimum Gasteiger partial charge on any atom is -0.356 e. The molecule has 2 aliphatic rings. The van der Waals surface area contributed by atoms with Gasteiger partial charge in [0.1, 0.15) is 15.8 Å². The van der Waals surface area contributed by atoms with Crippen LogP contribution in [0.2, 0.25) is 0 Å². The monoisotopic (exact) mass is 470 g/mol. The van der Waals surface area contributed by atoms with Crippen molar-refractivity contribution in [3.05, 3.63) is 44.7 Å². The van der Waals surface area contributed by atoms with Crippen molar-refractivity contribution in [2.75, 3.05) is 24.5 Å². The average Bonchev–Trinajstić information content (AvgIpc) is 3.06. The number of aryl methyl sites for hydroxylation is 1. The summed E-state index contributed by atoms with van der Waals surface area (Å²) in [6, 6.07) is 3.82. The summed E-state index contributed by atoms with van der Waals surface area (Å²) in [6.45, 7) is 6.50. The van der Waals surface area contributed by atoms with Gasteiger partial charge in [0.05, 0.1) is 10.5 Å². The summed E-state index contributed by atoms with van der Waals surface area (Å²) in [5.74, 6) is 0.576. The van der Waals surface area contributed by atoms with Crippen LogP contribution in [0.3, 0.4) is 0 Å². The highest BCUT2D eigenvalue weighted by atomic mass is 32.2. The lowest BCUT2D eigenvalue weighted by molar-refractivity contribution is -0.122. The van der Waals surface area contributed by atoms with Crippen molar-refractivity contribution >= 4 is 51.7 Å². The van der Waals surface area contributed by atoms with Gasteiger partial charge in [0.25, 0.3) is 11.5 Å². The van der Waals surface area contributed by atoms with E-state index >= 15 is 0 Å². The standard InChI is InChI=1S/C24H30N4O2S2/c1-3-4-5-9-14-28-23(30)19(32-24(28)31)16-18-21(26-12-7-6-8-13-26)25-20-17(2)11-10-15-27(20)22(18)29/h10-11,15-16H,3-9,12-14H2,1-2H3. The number of amides is 1. The summed E-state index contributed by atoms with van der Waals surface area (Å²) < 4.78 is 2.15. The largest absolute Gasteiger partial charge is 0.356 e. The van der Waals surface area contributed by atoms with Crippen LogP contribution in [-0.2, 0) is 4.79 Å². The third kappa shape index (κ3) is 4.62. The first-order valence-corrected chi connectivity index (χ1v) is 12.8. The van der Waals surface area contributed by atoms with E-state index in [-0.39, 0.29) is 11.5 Å². The molecule has 4 rings (SSSR count). The van der Waals surface area contributed by atoms with Crippen molar-refractivity contribution < 1.29 is 4.79 Å². The van der Waals surface area contributed by atoms with Gasteiger partial charge in [-0.2, -0.15) is 0 Å². The van der Waals surface area contributed by atoms with Gasteiger partial charge < -0.3 is 4.90 Å². The molecule has 2 aromatic rings. The third-order valence-corrected chi connectivity index (χ3v) is 7.48. The molecule has 2 aromatic heterocycles. The maximum Gasteiger partial charge on any atom is 0.267 e. The summed E-state index contributed by atoms with van der Waals surface area (Å²) in [4.78, 5) is 35.9. The Morgan fingerprint density at radius 2 is 1.94 bits per heavy atom. The van der Waals surface area contributed by atoms with Gasteiger partial charge in [-0.15, -0.1) is 0 Å². The molecule has 0 N–H and O–H groups in total. The predicted octanol–water partition coefficient (Wildman–Crippen LogP) is 4.77. The van der Waals surface area contributed by atoms with Gasteiger partial charge >= 0.3 is 0 Å². The smallest absolute Gasteiger partial charge is 0.267 e. The van der Waals surface area contributed by atoms with E-state index < -0.39 is 0 Å². The van der Waals surface area contributed by atoms with Gasteiger partial charge in [-0.3, -0.25) is 18.9 Å². The van der Waals surface area contributed by atoms with Gasteiger partial charge in [0.15, 0.2) is 0 Å². The first-order valence-electron chi connectivity index (χ1n) is 11.5. The summed E-state index contributed by atoms with van der Waals surface area (Å²) in [5.41, 5.74) is 1.94. The molecule has 0 aromatic carbocycles. The second-order valence-electron chi connectivity index (χ2n) is 8.48. The fourth-order valence-electron chi connectivity index (χ4n) is 4.29. The molecule has 1 amide bonds. The number of fused-ring (bicyclic) bond motifs is 1. The van der Waals surface area contributed by atoms with E-state index in [4.69, 9.17) is 17.2 Å². The van der Waals surface area contributed by atoms with E-state index in [1.807, 2.05) is 19.1 Å². The Balaban J connectivity index is 1.74. The Morgan fingerprint density at radius 1 is 1.16 bits per heavy atom. The zero-order chi connectivity index (χ0) is 22.7. The predicted molar refractivity (Wildman–Crippen MR) is 136 cm³/mol. The molecule has 170 valence electrons. The molecule has 2 aliphatic heterocycles. The molecular formula is C24H30N4O2S2. The molecule has 0 spiro atoms. The summed E-state index contributed by atoms with van der Waals surface area (Å²) in [7, 11) is 0. The van der Waals surface area contributed by atoms with E-state index in [1.54, 1.807) is 21.6 Å². The highest BCUT2D eigenvalue weighted by molar-refractivity contribution is 8.26. The van der Waals surface area contributed by atoms with Crippen LogP contribution in [0.5, 0.6) is 0 Å². The number of rotatable bonds is 7. The molecule has 4 heterocycles. The number of unbranched alkanes of at least 4 members (excludes halogenated alkanes) is 3. The maximum atomic E-state index is 13.5. The van der Waals surface area contributed by atoms with E-state index in [2.05, 4.69) is 11.8 Å². The molecule has 32 heavy (non-hydrogen) atoms. The normalized spacial score (nSPS) is 18.4. The molecule has 0 unspecified atom stereocenters. The third-order valence-electron chi connectivity index (χ3n) is 6.10. The molecule has 2 saturated heterocycles. The second-order valence-corrected chi connectivity index (χ2v) is 10.2. The van der Waals surface area contributed by atoms with Crippen molar-refractivity contribution in [2.45, 2.75) is 58.8 Å². The molecule has 0 bridgehead atoms. The number of piperidine rings is 1. The van der Waals surface area contributed by atoms with Crippen LogP contribution in [0, 0.1) is 6.92 Å². The number of thiocarbonyl (C=S) groups is 1. The summed E-state index contributed by atoms with van der Waals surface area (Å²) in [5, 5.41) is 0. The molecule has 6 nitrogen and oxygen atoms in total. The number of nitrogens with zero attached hydrogens (tertiary/aromatic N) is 4. The first-order chi connectivity index (χ1) is 15.5. The summed E-state index contributed by atoms with van der Waals surface area (Å²) >= 11 is 6.78. The number of carbonyl (C=O) groups excluding carboxylic acids is 1. The number of thioether (sulfide) groups is 1. The van der Waals surface area contributed by atoms with Gasteiger partial charge in [0, 0.05) is 25.8 Å². The van der Waals surface area contributed by atoms with Gasteiger partial charge in [0.2, 0.25) is 0 Å². The molecule has 0 aliphatic carbocycles. The molecule has 0 atom stereocenters. The number of aromatic nitrogens is 2. The molecular weight excluding hydrogens is 440 g/mol. The van der Waals surface area contributed by atoms with Crippen LogP contribution < -0.4 is 10.5 Å². The van der Waals surface area contributed by atoms with Gasteiger partial charge in [-0.1, -0.05) is 56.2 Å². The Kier molecular flexibility index (Phi) is 7.30. The lowest BCUT2D eigenvalue weighted by Gasteiger charge is -2.29. The Bertz CT molecular complexity index is 1120. The highest BCUT2D eigenvalue weighted by Crippen LogP contribution is 2.34. The zero-order valence-electron chi connectivity index (χ0n) is 18.8. The number of pyridine rings is 1. The van der Waals surface area contributed by atoms with Crippen LogP contribution >= 0.6 is 24.0 Å². The van der Waals surface area contributed by atoms with Crippen molar-refractivity contribution in [1.29, 1.82) is 0 Å². The Labute approximate surface area is 198 Å². The van der Waals surface area contributed by atoms with Crippen LogP contribution in [0.25, 0.3) is 11.7 Å². The highest BCUT2D eigenvalue weighted by Gasteiger charge is 2.32.